The van der Waals surface area contributed by atoms with Gasteiger partial charge in [-0.25, -0.2) is 0 Å². The molecule has 8 N–H and O–H groups in total. The second kappa shape index (κ2) is 10.1. The van der Waals surface area contributed by atoms with Crippen molar-refractivity contribution in [2.24, 2.45) is 17.6 Å². The van der Waals surface area contributed by atoms with E-state index in [4.69, 9.17) is 19.9 Å². The Hall–Kier alpha value is -0.400. The number of aliphatic hydroxyl groups is 5. The van der Waals surface area contributed by atoms with Crippen molar-refractivity contribution in [1.82, 2.24) is 5.32 Å². The first-order valence-corrected chi connectivity index (χ1v) is 10.2. The van der Waals surface area contributed by atoms with Crippen LogP contribution in [-0.2, 0) is 14.2 Å². The molecule has 4 bridgehead atoms. The molecule has 164 valence electrons. The van der Waals surface area contributed by atoms with Crippen molar-refractivity contribution in [3.8, 4) is 0 Å². The molecule has 0 aromatic carbocycles. The summed E-state index contributed by atoms with van der Waals surface area (Å²) in [6, 6.07) is 0. The van der Waals surface area contributed by atoms with Crippen LogP contribution >= 0.6 is 0 Å². The molecule has 10 atom stereocenters. The minimum Gasteiger partial charge on any atom is -0.394 e. The van der Waals surface area contributed by atoms with Crippen LogP contribution in [0, 0.1) is 11.8 Å². The first kappa shape index (κ1) is 22.3. The first-order chi connectivity index (χ1) is 13.5. The zero-order valence-electron chi connectivity index (χ0n) is 16.0. The number of aliphatic hydroxyl groups excluding tert-OH is 5. The lowest BCUT2D eigenvalue weighted by atomic mass is 9.75. The Kier molecular flexibility index (Phi) is 8.02. The average Bonchev–Trinajstić information content (AvgIpc) is 2.71. The summed E-state index contributed by atoms with van der Waals surface area (Å²) in [7, 11) is 0. The third-order valence-corrected chi connectivity index (χ3v) is 6.14. The van der Waals surface area contributed by atoms with Gasteiger partial charge in [0.15, 0.2) is 6.29 Å². The van der Waals surface area contributed by atoms with Gasteiger partial charge in [0, 0.05) is 38.1 Å². The van der Waals surface area contributed by atoms with E-state index in [1.54, 1.807) is 0 Å². The van der Waals surface area contributed by atoms with Gasteiger partial charge < -0.3 is 50.8 Å². The van der Waals surface area contributed by atoms with E-state index in [2.05, 4.69) is 5.32 Å². The highest BCUT2D eigenvalue weighted by molar-refractivity contribution is 5.02. The van der Waals surface area contributed by atoms with E-state index in [1.165, 1.54) is 0 Å². The van der Waals surface area contributed by atoms with Crippen molar-refractivity contribution in [3.63, 3.8) is 0 Å². The fourth-order valence-electron chi connectivity index (χ4n) is 4.61. The number of ether oxygens (including phenoxy) is 3. The fourth-order valence-corrected chi connectivity index (χ4v) is 4.61. The van der Waals surface area contributed by atoms with Crippen molar-refractivity contribution in [3.05, 3.63) is 0 Å². The topological polar surface area (TPSA) is 167 Å². The molecule has 0 aliphatic carbocycles. The van der Waals surface area contributed by atoms with E-state index < -0.39 is 60.9 Å². The third kappa shape index (κ3) is 4.51. The second-order valence-corrected chi connectivity index (χ2v) is 7.93. The largest absolute Gasteiger partial charge is 0.394 e. The molecule has 28 heavy (non-hydrogen) atoms. The average molecular weight is 406 g/mol. The Balaban J connectivity index is 1.92. The van der Waals surface area contributed by atoms with Gasteiger partial charge in [0.05, 0.1) is 37.1 Å². The monoisotopic (exact) mass is 406 g/mol. The molecule has 0 spiro atoms. The molecule has 6 aliphatic rings. The maximum atomic E-state index is 10.8. The standard InChI is InChI=1S/C18H34N2O8/c19-4-5-20-7-10-12-14(23)16(25)18(28-10)26-6-2-1-3-9-11(8-21)27-17(12)15(24)13(9)22/h9-18,20-25H,1-8,19H2/t9?,10-,11-,12?,13+,14+,15-,16-,17-,18+/m1/s1. The van der Waals surface area contributed by atoms with Gasteiger partial charge in [-0.3, -0.25) is 0 Å². The minimum absolute atomic E-state index is 0.293. The van der Waals surface area contributed by atoms with E-state index in [1.807, 2.05) is 0 Å². The molecule has 6 rings (SSSR count). The highest BCUT2D eigenvalue weighted by Gasteiger charge is 2.55. The molecule has 0 saturated carbocycles. The summed E-state index contributed by atoms with van der Waals surface area (Å²) in [5, 5.41) is 55.7. The molecule has 10 heteroatoms. The quantitative estimate of drug-likeness (QED) is 0.232. The SMILES string of the molecule is NCCNC[C@H]1O[C@@H]2OCCCCC3[C@@H](CO)O[C@H](C1[C@H](O)[C@H]2O)[C@H](O)[C@H]3O. The van der Waals surface area contributed by atoms with Crippen LogP contribution in [0.1, 0.15) is 19.3 Å². The molecule has 0 amide bonds. The number of hydrogen-bond donors (Lipinski definition) is 7. The summed E-state index contributed by atoms with van der Waals surface area (Å²) in [5.74, 6) is -1.26. The van der Waals surface area contributed by atoms with Gasteiger partial charge in [-0.1, -0.05) is 6.42 Å². The van der Waals surface area contributed by atoms with Gasteiger partial charge >= 0.3 is 0 Å². The van der Waals surface area contributed by atoms with Gasteiger partial charge in [-0.2, -0.15) is 0 Å². The van der Waals surface area contributed by atoms with Crippen LogP contribution in [0.2, 0.25) is 0 Å². The van der Waals surface area contributed by atoms with Crippen LogP contribution in [0.25, 0.3) is 0 Å². The van der Waals surface area contributed by atoms with Crippen LogP contribution < -0.4 is 11.1 Å². The molecule has 0 aromatic rings. The van der Waals surface area contributed by atoms with Crippen molar-refractivity contribution in [2.75, 3.05) is 32.8 Å². The maximum Gasteiger partial charge on any atom is 0.186 e. The molecule has 0 aromatic heterocycles. The predicted molar refractivity (Wildman–Crippen MR) is 97.1 cm³/mol. The summed E-state index contributed by atoms with van der Waals surface area (Å²) in [6.07, 6.45) is -6.47. The Bertz CT molecular complexity index is 485. The molecular formula is C18H34N2O8. The Morgan fingerprint density at radius 3 is 2.43 bits per heavy atom. The Morgan fingerprint density at radius 2 is 1.71 bits per heavy atom. The number of nitrogens with one attached hydrogen (secondary N) is 1. The molecule has 10 nitrogen and oxygen atoms in total. The lowest BCUT2D eigenvalue weighted by Gasteiger charge is -2.50. The zero-order valence-corrected chi connectivity index (χ0v) is 16.0. The summed E-state index contributed by atoms with van der Waals surface area (Å²) in [6.45, 7) is 1.24. The van der Waals surface area contributed by atoms with Crippen LogP contribution in [0.3, 0.4) is 0 Å². The molecule has 6 aliphatic heterocycles. The van der Waals surface area contributed by atoms with E-state index in [0.29, 0.717) is 45.5 Å². The molecule has 6 saturated heterocycles. The van der Waals surface area contributed by atoms with Crippen molar-refractivity contribution in [1.29, 1.82) is 0 Å². The Morgan fingerprint density at radius 1 is 0.929 bits per heavy atom. The van der Waals surface area contributed by atoms with Crippen molar-refractivity contribution >= 4 is 0 Å². The molecule has 6 heterocycles. The van der Waals surface area contributed by atoms with Gasteiger partial charge in [0.1, 0.15) is 12.2 Å². The highest BCUT2D eigenvalue weighted by Crippen LogP contribution is 2.39. The fraction of sp³-hybridized carbons (Fsp3) is 1.00. The summed E-state index contributed by atoms with van der Waals surface area (Å²) >= 11 is 0. The number of hydrogen-bond acceptors (Lipinski definition) is 10. The van der Waals surface area contributed by atoms with Gasteiger partial charge in [0.25, 0.3) is 0 Å². The zero-order chi connectivity index (χ0) is 20.3. The third-order valence-electron chi connectivity index (χ3n) is 6.14. The van der Waals surface area contributed by atoms with E-state index >= 15 is 0 Å². The normalized spacial score (nSPS) is 47.4. The minimum atomic E-state index is -1.32. The van der Waals surface area contributed by atoms with Crippen LogP contribution in [0.15, 0.2) is 0 Å². The van der Waals surface area contributed by atoms with Crippen LogP contribution in [0.4, 0.5) is 0 Å². The number of rotatable bonds is 5. The predicted octanol–water partition coefficient (Wildman–Crippen LogP) is -3.10. The summed E-state index contributed by atoms with van der Waals surface area (Å²) in [4.78, 5) is 0. The first-order valence-electron chi connectivity index (χ1n) is 10.2. The number of nitrogens with two attached hydrogens (primary N) is 1. The lowest BCUT2D eigenvalue weighted by Crippen LogP contribution is -2.66. The van der Waals surface area contributed by atoms with Crippen molar-refractivity contribution < 1.29 is 39.7 Å². The van der Waals surface area contributed by atoms with Gasteiger partial charge in [0.2, 0.25) is 0 Å². The summed E-state index contributed by atoms with van der Waals surface area (Å²) < 4.78 is 17.6. The van der Waals surface area contributed by atoms with Gasteiger partial charge in [-0.15, -0.1) is 0 Å². The van der Waals surface area contributed by atoms with E-state index in [-0.39, 0.29) is 6.61 Å². The molecular weight excluding hydrogens is 372 g/mol. The van der Waals surface area contributed by atoms with Crippen LogP contribution in [-0.4, -0.2) is 107 Å². The van der Waals surface area contributed by atoms with Gasteiger partial charge in [-0.05, 0) is 12.8 Å². The summed E-state index contributed by atoms with van der Waals surface area (Å²) in [5.41, 5.74) is 5.52. The lowest BCUT2D eigenvalue weighted by molar-refractivity contribution is -0.315. The molecule has 0 radical (unpaired) electrons. The van der Waals surface area contributed by atoms with Crippen molar-refractivity contribution in [2.45, 2.75) is 68.3 Å². The van der Waals surface area contributed by atoms with E-state index in [0.717, 1.165) is 0 Å². The maximum absolute atomic E-state index is 10.8. The Labute approximate surface area is 164 Å². The molecule has 2 unspecified atom stereocenters. The van der Waals surface area contributed by atoms with E-state index in [9.17, 15) is 25.5 Å². The highest BCUT2D eigenvalue weighted by atomic mass is 16.7. The van der Waals surface area contributed by atoms with Crippen LogP contribution in [0.5, 0.6) is 0 Å². The second-order valence-electron chi connectivity index (χ2n) is 7.93. The smallest absolute Gasteiger partial charge is 0.186 e. The molecule has 6 fully saturated rings.